The number of ether oxygens (including phenoxy) is 1. The second-order valence-electron chi connectivity index (χ2n) is 9.46. The Balaban J connectivity index is 1.26. The van der Waals surface area contributed by atoms with Crippen LogP contribution in [0.5, 0.6) is 0 Å². The highest BCUT2D eigenvalue weighted by molar-refractivity contribution is 5.79. The van der Waals surface area contributed by atoms with Gasteiger partial charge in [-0.05, 0) is 75.8 Å². The van der Waals surface area contributed by atoms with E-state index in [1.54, 1.807) is 0 Å². The van der Waals surface area contributed by atoms with Gasteiger partial charge in [-0.25, -0.2) is 0 Å². The number of hydrogen-bond donors (Lipinski definition) is 2. The van der Waals surface area contributed by atoms with E-state index in [-0.39, 0.29) is 5.54 Å². The molecule has 2 N–H and O–H groups in total. The van der Waals surface area contributed by atoms with Crippen molar-refractivity contribution < 1.29 is 4.74 Å². The molecule has 0 bridgehead atoms. The van der Waals surface area contributed by atoms with Crippen LogP contribution in [0.25, 0.3) is 0 Å². The quantitative estimate of drug-likeness (QED) is 0.518. The van der Waals surface area contributed by atoms with Crippen molar-refractivity contribution in [2.75, 3.05) is 53.0 Å². The fraction of sp³-hybridized carbons (Fsp3) is 0.720. The molecule has 3 heterocycles. The average molecular weight is 428 g/mol. The lowest BCUT2D eigenvalue weighted by Gasteiger charge is -2.45. The van der Waals surface area contributed by atoms with E-state index < -0.39 is 0 Å². The molecule has 0 aromatic heterocycles. The Kier molecular flexibility index (Phi) is 8.22. The standard InChI is InChI=1S/C25H41N5O/c1-26-24(28-21-25(11-17-31-18-12-25)30-15-5-6-16-30)27-19-22-7-9-23(10-8-22)20-29-13-3-2-4-14-29/h7-10H,2-6,11-21H2,1H3,(H2,26,27,28). The Labute approximate surface area is 188 Å². The summed E-state index contributed by atoms with van der Waals surface area (Å²) in [4.78, 5) is 9.75. The van der Waals surface area contributed by atoms with Crippen molar-refractivity contribution in [3.63, 3.8) is 0 Å². The van der Waals surface area contributed by atoms with Crippen molar-refractivity contribution in [2.24, 2.45) is 4.99 Å². The number of aliphatic imine (C=N–C) groups is 1. The summed E-state index contributed by atoms with van der Waals surface area (Å²) >= 11 is 0. The van der Waals surface area contributed by atoms with Gasteiger partial charge in [0, 0.05) is 45.4 Å². The van der Waals surface area contributed by atoms with Gasteiger partial charge in [-0.2, -0.15) is 0 Å². The normalized spacial score (nSPS) is 23.1. The number of likely N-dealkylation sites (tertiary alicyclic amines) is 2. The summed E-state index contributed by atoms with van der Waals surface area (Å²) < 4.78 is 5.68. The highest BCUT2D eigenvalue weighted by Gasteiger charge is 2.39. The summed E-state index contributed by atoms with van der Waals surface area (Å²) in [6.45, 7) is 9.48. The summed E-state index contributed by atoms with van der Waals surface area (Å²) in [5.74, 6) is 0.891. The molecule has 3 saturated heterocycles. The highest BCUT2D eigenvalue weighted by Crippen LogP contribution is 2.30. The molecule has 0 saturated carbocycles. The first-order chi connectivity index (χ1) is 15.3. The summed E-state index contributed by atoms with van der Waals surface area (Å²) in [5, 5.41) is 7.14. The van der Waals surface area contributed by atoms with Gasteiger partial charge < -0.3 is 15.4 Å². The molecule has 0 radical (unpaired) electrons. The van der Waals surface area contributed by atoms with Crippen molar-refractivity contribution >= 4 is 5.96 Å². The Hall–Kier alpha value is -1.63. The second kappa shape index (κ2) is 11.3. The molecular formula is C25H41N5O. The van der Waals surface area contributed by atoms with Crippen LogP contribution in [0.1, 0.15) is 56.1 Å². The minimum atomic E-state index is 0.211. The molecule has 3 aliphatic rings. The first kappa shape index (κ1) is 22.6. The predicted octanol–water partition coefficient (Wildman–Crippen LogP) is 2.98. The molecule has 0 amide bonds. The van der Waals surface area contributed by atoms with Gasteiger partial charge in [0.25, 0.3) is 0 Å². The van der Waals surface area contributed by atoms with Crippen LogP contribution in [0.3, 0.4) is 0 Å². The second-order valence-corrected chi connectivity index (χ2v) is 9.46. The van der Waals surface area contributed by atoms with E-state index >= 15 is 0 Å². The monoisotopic (exact) mass is 427 g/mol. The SMILES string of the molecule is CN=C(NCc1ccc(CN2CCCCC2)cc1)NCC1(N2CCCC2)CCOCC1. The summed E-state index contributed by atoms with van der Waals surface area (Å²) in [6, 6.07) is 9.08. The molecule has 3 fully saturated rings. The number of benzene rings is 1. The smallest absolute Gasteiger partial charge is 0.191 e. The number of piperidine rings is 1. The first-order valence-electron chi connectivity index (χ1n) is 12.3. The van der Waals surface area contributed by atoms with E-state index in [9.17, 15) is 0 Å². The summed E-state index contributed by atoms with van der Waals surface area (Å²) in [6.07, 6.45) is 8.95. The molecule has 4 rings (SSSR count). The van der Waals surface area contributed by atoms with E-state index in [2.05, 4.69) is 49.7 Å². The van der Waals surface area contributed by atoms with Crippen molar-refractivity contribution in [1.29, 1.82) is 0 Å². The molecule has 6 nitrogen and oxygen atoms in total. The maximum atomic E-state index is 5.68. The highest BCUT2D eigenvalue weighted by atomic mass is 16.5. The van der Waals surface area contributed by atoms with Crippen LogP contribution in [-0.2, 0) is 17.8 Å². The van der Waals surface area contributed by atoms with Gasteiger partial charge in [-0.15, -0.1) is 0 Å². The largest absolute Gasteiger partial charge is 0.381 e. The Bertz CT molecular complexity index is 686. The van der Waals surface area contributed by atoms with E-state index in [1.165, 1.54) is 69.4 Å². The molecular weight excluding hydrogens is 386 g/mol. The van der Waals surface area contributed by atoms with Crippen LogP contribution in [0.2, 0.25) is 0 Å². The molecule has 1 aromatic rings. The van der Waals surface area contributed by atoms with Crippen LogP contribution >= 0.6 is 0 Å². The van der Waals surface area contributed by atoms with Crippen LogP contribution in [0.4, 0.5) is 0 Å². The molecule has 1 aromatic carbocycles. The maximum absolute atomic E-state index is 5.68. The van der Waals surface area contributed by atoms with Gasteiger partial charge >= 0.3 is 0 Å². The Morgan fingerprint density at radius 3 is 2.23 bits per heavy atom. The van der Waals surface area contributed by atoms with Crippen molar-refractivity contribution in [1.82, 2.24) is 20.4 Å². The van der Waals surface area contributed by atoms with Crippen molar-refractivity contribution in [3.05, 3.63) is 35.4 Å². The van der Waals surface area contributed by atoms with Gasteiger partial charge in [0.05, 0.1) is 0 Å². The Morgan fingerprint density at radius 2 is 1.55 bits per heavy atom. The number of rotatable bonds is 7. The molecule has 172 valence electrons. The minimum absolute atomic E-state index is 0.211. The van der Waals surface area contributed by atoms with Gasteiger partial charge in [0.2, 0.25) is 0 Å². The molecule has 3 aliphatic heterocycles. The van der Waals surface area contributed by atoms with Crippen LogP contribution in [0.15, 0.2) is 29.3 Å². The van der Waals surface area contributed by atoms with Crippen LogP contribution in [-0.4, -0.2) is 74.3 Å². The zero-order chi connectivity index (χ0) is 21.4. The zero-order valence-corrected chi connectivity index (χ0v) is 19.4. The Morgan fingerprint density at radius 1 is 0.903 bits per heavy atom. The van der Waals surface area contributed by atoms with Crippen LogP contribution < -0.4 is 10.6 Å². The number of nitrogens with zero attached hydrogens (tertiary/aromatic N) is 3. The summed E-state index contributed by atoms with van der Waals surface area (Å²) in [7, 11) is 1.86. The predicted molar refractivity (Wildman–Crippen MR) is 127 cm³/mol. The van der Waals surface area contributed by atoms with E-state index in [0.29, 0.717) is 0 Å². The molecule has 6 heteroatoms. The number of hydrogen-bond acceptors (Lipinski definition) is 4. The molecule has 0 atom stereocenters. The fourth-order valence-corrected chi connectivity index (χ4v) is 5.34. The number of guanidine groups is 1. The zero-order valence-electron chi connectivity index (χ0n) is 19.4. The van der Waals surface area contributed by atoms with Gasteiger partial charge in [0.1, 0.15) is 0 Å². The lowest BCUT2D eigenvalue weighted by molar-refractivity contribution is -0.0164. The van der Waals surface area contributed by atoms with E-state index in [4.69, 9.17) is 4.74 Å². The minimum Gasteiger partial charge on any atom is -0.381 e. The van der Waals surface area contributed by atoms with E-state index in [1.807, 2.05) is 7.05 Å². The third-order valence-corrected chi connectivity index (χ3v) is 7.35. The lowest BCUT2D eigenvalue weighted by Crippen LogP contribution is -2.58. The lowest BCUT2D eigenvalue weighted by atomic mass is 9.88. The van der Waals surface area contributed by atoms with Gasteiger partial charge in [-0.3, -0.25) is 14.8 Å². The molecule has 0 aliphatic carbocycles. The summed E-state index contributed by atoms with van der Waals surface area (Å²) in [5.41, 5.74) is 2.92. The average Bonchev–Trinajstić information content (AvgIpc) is 3.37. The number of nitrogens with one attached hydrogen (secondary N) is 2. The van der Waals surface area contributed by atoms with Crippen LogP contribution in [0, 0.1) is 0 Å². The molecule has 0 unspecified atom stereocenters. The van der Waals surface area contributed by atoms with Crippen molar-refractivity contribution in [2.45, 2.75) is 63.6 Å². The first-order valence-corrected chi connectivity index (χ1v) is 12.3. The molecule has 0 spiro atoms. The van der Waals surface area contributed by atoms with Gasteiger partial charge in [0.15, 0.2) is 5.96 Å². The third kappa shape index (κ3) is 6.21. The third-order valence-electron chi connectivity index (χ3n) is 7.35. The topological polar surface area (TPSA) is 52.1 Å². The fourth-order valence-electron chi connectivity index (χ4n) is 5.34. The van der Waals surface area contributed by atoms with Gasteiger partial charge in [-0.1, -0.05) is 30.7 Å². The maximum Gasteiger partial charge on any atom is 0.191 e. The van der Waals surface area contributed by atoms with E-state index in [0.717, 1.165) is 51.6 Å². The van der Waals surface area contributed by atoms with Crippen molar-refractivity contribution in [3.8, 4) is 0 Å². The molecule has 31 heavy (non-hydrogen) atoms.